The highest BCUT2D eigenvalue weighted by atomic mass is 16.5. The topological polar surface area (TPSA) is 21.3 Å². The van der Waals surface area contributed by atoms with E-state index in [1.54, 1.807) is 0 Å². The van der Waals surface area contributed by atoms with Crippen molar-refractivity contribution in [3.05, 3.63) is 35.4 Å². The summed E-state index contributed by atoms with van der Waals surface area (Å²) in [7, 11) is 0. The van der Waals surface area contributed by atoms with Gasteiger partial charge in [-0.05, 0) is 31.2 Å². The number of benzene rings is 1. The summed E-state index contributed by atoms with van der Waals surface area (Å²) in [6.45, 7) is 6.46. The lowest BCUT2D eigenvalue weighted by Gasteiger charge is -2.46. The fourth-order valence-electron chi connectivity index (χ4n) is 3.66. The molecule has 3 unspecified atom stereocenters. The normalized spacial score (nSPS) is 35.5. The first-order valence-corrected chi connectivity index (χ1v) is 7.62. The van der Waals surface area contributed by atoms with Crippen LogP contribution in [0.4, 0.5) is 0 Å². The van der Waals surface area contributed by atoms with E-state index in [-0.39, 0.29) is 11.7 Å². The Balaban J connectivity index is 1.75. The van der Waals surface area contributed by atoms with Crippen LogP contribution < -0.4 is 5.32 Å². The zero-order valence-electron chi connectivity index (χ0n) is 12.1. The number of ether oxygens (including phenoxy) is 1. The van der Waals surface area contributed by atoms with E-state index in [2.05, 4.69) is 43.4 Å². The lowest BCUT2D eigenvalue weighted by atomic mass is 9.77. The molecule has 0 aromatic heterocycles. The van der Waals surface area contributed by atoms with Gasteiger partial charge in [-0.15, -0.1) is 0 Å². The fraction of sp³-hybridized carbons (Fsp3) is 0.647. The van der Waals surface area contributed by atoms with Crippen molar-refractivity contribution in [2.24, 2.45) is 5.92 Å². The van der Waals surface area contributed by atoms with E-state index in [1.165, 1.54) is 36.8 Å². The van der Waals surface area contributed by atoms with E-state index < -0.39 is 0 Å². The van der Waals surface area contributed by atoms with Gasteiger partial charge in [-0.1, -0.05) is 49.6 Å². The Morgan fingerprint density at radius 1 is 1.26 bits per heavy atom. The van der Waals surface area contributed by atoms with Crippen LogP contribution in [0.1, 0.15) is 49.8 Å². The second-order valence-corrected chi connectivity index (χ2v) is 6.53. The van der Waals surface area contributed by atoms with Crippen LogP contribution in [0.3, 0.4) is 0 Å². The zero-order chi connectivity index (χ0) is 13.3. The maximum atomic E-state index is 6.55. The Bertz CT molecular complexity index is 423. The van der Waals surface area contributed by atoms with Crippen LogP contribution in [-0.2, 0) is 4.74 Å². The van der Waals surface area contributed by atoms with Gasteiger partial charge in [-0.3, -0.25) is 0 Å². The van der Waals surface area contributed by atoms with Crippen molar-refractivity contribution >= 4 is 0 Å². The third-order valence-corrected chi connectivity index (χ3v) is 4.67. The smallest absolute Gasteiger partial charge is 0.0957 e. The van der Waals surface area contributed by atoms with Gasteiger partial charge in [0, 0.05) is 13.1 Å². The Labute approximate surface area is 116 Å². The number of aryl methyl sites for hydroxylation is 1. The average molecular weight is 259 g/mol. The van der Waals surface area contributed by atoms with E-state index >= 15 is 0 Å². The van der Waals surface area contributed by atoms with Crippen molar-refractivity contribution in [2.45, 2.75) is 51.2 Å². The molecule has 3 rings (SSSR count). The molecule has 104 valence electrons. The molecule has 1 aliphatic carbocycles. The molecule has 19 heavy (non-hydrogen) atoms. The van der Waals surface area contributed by atoms with E-state index in [4.69, 9.17) is 4.74 Å². The molecule has 2 heteroatoms. The molecule has 1 aromatic rings. The van der Waals surface area contributed by atoms with Crippen molar-refractivity contribution in [1.29, 1.82) is 0 Å². The van der Waals surface area contributed by atoms with Crippen LogP contribution >= 0.6 is 0 Å². The Morgan fingerprint density at radius 3 is 2.79 bits per heavy atom. The summed E-state index contributed by atoms with van der Waals surface area (Å²) in [5.74, 6) is 0.798. The summed E-state index contributed by atoms with van der Waals surface area (Å²) >= 11 is 0. The second kappa shape index (κ2) is 5.26. The number of morpholine rings is 1. The van der Waals surface area contributed by atoms with E-state index in [1.807, 2.05) is 0 Å². The largest absolute Gasteiger partial charge is 0.364 e. The molecule has 0 amide bonds. The van der Waals surface area contributed by atoms with Gasteiger partial charge >= 0.3 is 0 Å². The van der Waals surface area contributed by atoms with Crippen LogP contribution in [0, 0.1) is 12.8 Å². The summed E-state index contributed by atoms with van der Waals surface area (Å²) in [4.78, 5) is 0. The van der Waals surface area contributed by atoms with Gasteiger partial charge in [0.2, 0.25) is 0 Å². The van der Waals surface area contributed by atoms with Crippen LogP contribution in [0.15, 0.2) is 24.3 Å². The lowest BCUT2D eigenvalue weighted by molar-refractivity contribution is -0.143. The predicted octanol–water partition coefficient (Wildman–Crippen LogP) is 3.60. The number of hydrogen-bond donors (Lipinski definition) is 1. The van der Waals surface area contributed by atoms with Gasteiger partial charge in [0.1, 0.15) is 0 Å². The first kappa shape index (κ1) is 13.1. The molecule has 2 nitrogen and oxygen atoms in total. The molecule has 2 aliphatic rings. The van der Waals surface area contributed by atoms with Crippen LogP contribution in [0.2, 0.25) is 0 Å². The van der Waals surface area contributed by atoms with E-state index in [0.29, 0.717) is 0 Å². The fourth-order valence-corrected chi connectivity index (χ4v) is 3.66. The molecule has 1 heterocycles. The first-order chi connectivity index (χ1) is 9.17. The highest BCUT2D eigenvalue weighted by molar-refractivity contribution is 5.24. The van der Waals surface area contributed by atoms with Gasteiger partial charge in [0.05, 0.1) is 11.7 Å². The van der Waals surface area contributed by atoms with Crippen molar-refractivity contribution in [2.75, 3.05) is 13.1 Å². The third kappa shape index (κ3) is 2.85. The minimum Gasteiger partial charge on any atom is -0.364 e. The standard InChI is InChI=1S/C17H25NO/c1-13-5-7-15(8-6-13)16-11-18-12-17(19-16)9-3-4-14(2)10-17/h5-8,14,16,18H,3-4,9-12H2,1-2H3. The van der Waals surface area contributed by atoms with Gasteiger partial charge < -0.3 is 10.1 Å². The number of hydrogen-bond acceptors (Lipinski definition) is 2. The van der Waals surface area contributed by atoms with Gasteiger partial charge in [0.15, 0.2) is 0 Å². The number of nitrogens with one attached hydrogen (secondary N) is 1. The minimum absolute atomic E-state index is 0.0888. The highest BCUT2D eigenvalue weighted by Crippen LogP contribution is 2.40. The maximum Gasteiger partial charge on any atom is 0.0957 e. The highest BCUT2D eigenvalue weighted by Gasteiger charge is 2.40. The van der Waals surface area contributed by atoms with Gasteiger partial charge in [-0.2, -0.15) is 0 Å². The van der Waals surface area contributed by atoms with Crippen molar-refractivity contribution < 1.29 is 4.74 Å². The molecule has 0 radical (unpaired) electrons. The summed E-state index contributed by atoms with van der Waals surface area (Å²) in [6.07, 6.45) is 5.32. The predicted molar refractivity (Wildman–Crippen MR) is 78.2 cm³/mol. The van der Waals surface area contributed by atoms with Gasteiger partial charge in [-0.25, -0.2) is 0 Å². The van der Waals surface area contributed by atoms with Crippen LogP contribution in [0.5, 0.6) is 0 Å². The molecule has 0 bridgehead atoms. The molecular formula is C17H25NO. The minimum atomic E-state index is 0.0888. The summed E-state index contributed by atoms with van der Waals surface area (Å²) in [6, 6.07) is 8.80. The third-order valence-electron chi connectivity index (χ3n) is 4.67. The van der Waals surface area contributed by atoms with Crippen molar-refractivity contribution in [3.8, 4) is 0 Å². The monoisotopic (exact) mass is 259 g/mol. The molecule has 1 N–H and O–H groups in total. The Hall–Kier alpha value is -0.860. The van der Waals surface area contributed by atoms with Crippen LogP contribution in [-0.4, -0.2) is 18.7 Å². The zero-order valence-corrected chi connectivity index (χ0v) is 12.1. The first-order valence-electron chi connectivity index (χ1n) is 7.62. The van der Waals surface area contributed by atoms with Gasteiger partial charge in [0.25, 0.3) is 0 Å². The Morgan fingerprint density at radius 2 is 2.05 bits per heavy atom. The SMILES string of the molecule is Cc1ccc(C2CNCC3(CCCC(C)C3)O2)cc1. The summed E-state index contributed by atoms with van der Waals surface area (Å²) < 4.78 is 6.55. The molecule has 1 saturated heterocycles. The average Bonchev–Trinajstić information content (AvgIpc) is 2.39. The second-order valence-electron chi connectivity index (χ2n) is 6.53. The summed E-state index contributed by atoms with van der Waals surface area (Å²) in [5.41, 5.74) is 2.72. The Kier molecular flexibility index (Phi) is 3.64. The molecule has 3 atom stereocenters. The summed E-state index contributed by atoms with van der Waals surface area (Å²) in [5, 5.41) is 3.60. The molecular weight excluding hydrogens is 234 g/mol. The lowest BCUT2D eigenvalue weighted by Crippen LogP contribution is -2.52. The number of rotatable bonds is 1. The van der Waals surface area contributed by atoms with E-state index in [0.717, 1.165) is 19.0 Å². The molecule has 1 aromatic carbocycles. The molecule has 1 saturated carbocycles. The quantitative estimate of drug-likeness (QED) is 0.832. The molecule has 2 fully saturated rings. The van der Waals surface area contributed by atoms with E-state index in [9.17, 15) is 0 Å². The van der Waals surface area contributed by atoms with Crippen molar-refractivity contribution in [1.82, 2.24) is 5.32 Å². The molecule has 1 aliphatic heterocycles. The molecule has 1 spiro atoms. The van der Waals surface area contributed by atoms with Crippen LogP contribution in [0.25, 0.3) is 0 Å². The van der Waals surface area contributed by atoms with Crippen molar-refractivity contribution in [3.63, 3.8) is 0 Å². The maximum absolute atomic E-state index is 6.55.